The summed E-state index contributed by atoms with van der Waals surface area (Å²) in [5, 5.41) is 7.42. The first kappa shape index (κ1) is 23.4. The molecular weight excluding hydrogens is 509 g/mol. The van der Waals surface area contributed by atoms with Gasteiger partial charge in [-0.3, -0.25) is 4.79 Å². The number of hydrogen-bond acceptors (Lipinski definition) is 4. The van der Waals surface area contributed by atoms with Gasteiger partial charge in [0.25, 0.3) is 5.91 Å². The van der Waals surface area contributed by atoms with Crippen molar-refractivity contribution in [2.45, 2.75) is 31.2 Å². The van der Waals surface area contributed by atoms with E-state index in [1.54, 1.807) is 51.1 Å². The predicted octanol–water partition coefficient (Wildman–Crippen LogP) is 5.03. The number of rotatable bonds is 4. The fourth-order valence-corrected chi connectivity index (χ4v) is 4.49. The van der Waals surface area contributed by atoms with Crippen LogP contribution in [-0.4, -0.2) is 35.9 Å². The first-order valence-corrected chi connectivity index (χ1v) is 12.2. The van der Waals surface area contributed by atoms with E-state index >= 15 is 0 Å². The second kappa shape index (κ2) is 8.37. The van der Waals surface area contributed by atoms with Crippen molar-refractivity contribution in [3.8, 4) is 16.9 Å². The molecule has 0 saturated heterocycles. The summed E-state index contributed by atoms with van der Waals surface area (Å²) in [6.07, 6.45) is 0.986. The molecule has 164 valence electrons. The Morgan fingerprint density at radius 1 is 1.16 bits per heavy atom. The first-order valence-electron chi connectivity index (χ1n) is 9.15. The van der Waals surface area contributed by atoms with Crippen LogP contribution in [0.15, 0.2) is 51.8 Å². The van der Waals surface area contributed by atoms with Crippen molar-refractivity contribution in [3.63, 3.8) is 0 Å². The van der Waals surface area contributed by atoms with E-state index in [1.807, 2.05) is 0 Å². The number of aromatic nitrogens is 2. The highest BCUT2D eigenvalue weighted by Gasteiger charge is 2.33. The van der Waals surface area contributed by atoms with Crippen molar-refractivity contribution >= 4 is 43.3 Å². The number of amides is 1. The predicted molar refractivity (Wildman–Crippen MR) is 122 cm³/mol. The highest BCUT2D eigenvalue weighted by Crippen LogP contribution is 2.34. The third-order valence-electron chi connectivity index (χ3n) is 4.17. The van der Waals surface area contributed by atoms with Crippen LogP contribution in [-0.2, 0) is 9.84 Å². The molecule has 0 fully saturated rings. The summed E-state index contributed by atoms with van der Waals surface area (Å²) in [6, 6.07) is 10.6. The Labute approximate surface area is 193 Å². The third kappa shape index (κ3) is 5.16. The van der Waals surface area contributed by atoms with E-state index in [9.17, 15) is 17.6 Å². The van der Waals surface area contributed by atoms with Crippen LogP contribution in [0.4, 0.5) is 4.39 Å². The molecule has 0 aliphatic heterocycles. The van der Waals surface area contributed by atoms with Crippen LogP contribution >= 0.6 is 27.5 Å². The number of benzene rings is 2. The highest BCUT2D eigenvalue weighted by molar-refractivity contribution is 9.10. The average molecular weight is 529 g/mol. The van der Waals surface area contributed by atoms with Crippen molar-refractivity contribution in [1.82, 2.24) is 15.1 Å². The van der Waals surface area contributed by atoms with Gasteiger partial charge in [0.1, 0.15) is 16.4 Å². The Kier molecular flexibility index (Phi) is 6.32. The van der Waals surface area contributed by atoms with Crippen molar-refractivity contribution in [1.29, 1.82) is 0 Å². The smallest absolute Gasteiger partial charge is 0.273 e. The SMILES string of the molecule is CC(C)(C)NC(=O)c1nn(-c2ccc(Br)cc2F)c(-c2ccc(Cl)cc2)c1S(C)(=O)=O. The molecule has 0 spiro atoms. The maximum Gasteiger partial charge on any atom is 0.273 e. The van der Waals surface area contributed by atoms with Gasteiger partial charge in [-0.05, 0) is 51.1 Å². The van der Waals surface area contributed by atoms with Gasteiger partial charge in [0, 0.05) is 26.9 Å². The topological polar surface area (TPSA) is 81.1 Å². The molecule has 2 aromatic carbocycles. The zero-order chi connectivity index (χ0) is 23.1. The van der Waals surface area contributed by atoms with E-state index < -0.39 is 27.1 Å². The molecule has 1 aromatic heterocycles. The van der Waals surface area contributed by atoms with Gasteiger partial charge < -0.3 is 5.32 Å². The van der Waals surface area contributed by atoms with Crippen LogP contribution < -0.4 is 5.32 Å². The number of sulfone groups is 1. The van der Waals surface area contributed by atoms with Crippen molar-refractivity contribution < 1.29 is 17.6 Å². The minimum atomic E-state index is -3.94. The van der Waals surface area contributed by atoms with E-state index in [4.69, 9.17) is 11.6 Å². The Morgan fingerprint density at radius 2 is 1.77 bits per heavy atom. The summed E-state index contributed by atoms with van der Waals surface area (Å²) < 4.78 is 42.1. The maximum atomic E-state index is 14.8. The van der Waals surface area contributed by atoms with Crippen LogP contribution in [0.1, 0.15) is 31.3 Å². The molecule has 0 atom stereocenters. The van der Waals surface area contributed by atoms with Gasteiger partial charge in [-0.2, -0.15) is 5.10 Å². The molecule has 1 heterocycles. The third-order valence-corrected chi connectivity index (χ3v) is 6.05. The zero-order valence-corrected chi connectivity index (χ0v) is 20.4. The monoisotopic (exact) mass is 527 g/mol. The Balaban J connectivity index is 2.41. The summed E-state index contributed by atoms with van der Waals surface area (Å²) in [7, 11) is -3.94. The molecule has 0 bridgehead atoms. The molecule has 0 aliphatic carbocycles. The van der Waals surface area contributed by atoms with Crippen LogP contribution in [0.2, 0.25) is 5.02 Å². The summed E-state index contributed by atoms with van der Waals surface area (Å²) in [4.78, 5) is 12.7. The first-order chi connectivity index (χ1) is 14.3. The molecule has 0 saturated carbocycles. The van der Waals surface area contributed by atoms with Crippen molar-refractivity contribution in [2.75, 3.05) is 6.26 Å². The Morgan fingerprint density at radius 3 is 2.29 bits per heavy atom. The van der Waals surface area contributed by atoms with Gasteiger partial charge in [0.15, 0.2) is 15.5 Å². The molecule has 1 N–H and O–H groups in total. The van der Waals surface area contributed by atoms with E-state index in [2.05, 4.69) is 26.3 Å². The second-order valence-electron chi connectivity index (χ2n) is 8.02. The van der Waals surface area contributed by atoms with Gasteiger partial charge in [-0.1, -0.05) is 39.7 Å². The minimum Gasteiger partial charge on any atom is -0.346 e. The number of nitrogens with one attached hydrogen (secondary N) is 1. The van der Waals surface area contributed by atoms with E-state index in [-0.39, 0.29) is 22.0 Å². The molecule has 3 rings (SSSR count). The van der Waals surface area contributed by atoms with Crippen LogP contribution in [0.3, 0.4) is 0 Å². The molecule has 1 amide bonds. The van der Waals surface area contributed by atoms with Gasteiger partial charge in [0.2, 0.25) is 0 Å². The van der Waals surface area contributed by atoms with Crippen LogP contribution in [0, 0.1) is 5.82 Å². The lowest BCUT2D eigenvalue weighted by atomic mass is 10.1. The molecule has 3 aromatic rings. The second-order valence-corrected chi connectivity index (χ2v) is 11.3. The number of nitrogens with zero attached hydrogens (tertiary/aromatic N) is 2. The molecule has 31 heavy (non-hydrogen) atoms. The highest BCUT2D eigenvalue weighted by atomic mass is 79.9. The number of halogens is 3. The van der Waals surface area contributed by atoms with Crippen molar-refractivity contribution in [3.05, 3.63) is 63.5 Å². The number of carbonyl (C=O) groups excluding carboxylic acids is 1. The summed E-state index contributed by atoms with van der Waals surface area (Å²) in [5.74, 6) is -1.32. The fraction of sp³-hybridized carbons (Fsp3) is 0.238. The lowest BCUT2D eigenvalue weighted by Gasteiger charge is -2.19. The number of carbonyl (C=O) groups is 1. The zero-order valence-electron chi connectivity index (χ0n) is 17.2. The summed E-state index contributed by atoms with van der Waals surface area (Å²) in [6.45, 7) is 5.28. The van der Waals surface area contributed by atoms with E-state index in [1.165, 1.54) is 12.1 Å². The normalized spacial score (nSPS) is 12.1. The van der Waals surface area contributed by atoms with Gasteiger partial charge in [-0.25, -0.2) is 17.5 Å². The Bertz CT molecular complexity index is 1270. The Hall–Kier alpha value is -2.23. The minimum absolute atomic E-state index is 0.00661. The molecule has 0 radical (unpaired) electrons. The quantitative estimate of drug-likeness (QED) is 0.515. The molecule has 10 heteroatoms. The van der Waals surface area contributed by atoms with Crippen LogP contribution in [0.5, 0.6) is 0 Å². The van der Waals surface area contributed by atoms with Crippen LogP contribution in [0.25, 0.3) is 16.9 Å². The molecule has 0 unspecified atom stereocenters. The standard InChI is InChI=1S/C21H20BrClFN3O3S/c1-21(2,3)25-20(28)17-19(31(4,29)30)18(12-5-8-14(23)9-6-12)27(26-17)16-10-7-13(22)11-15(16)24/h5-11H,1-4H3,(H,25,28). The van der Waals surface area contributed by atoms with E-state index in [0.29, 0.717) is 15.1 Å². The largest absolute Gasteiger partial charge is 0.346 e. The summed E-state index contributed by atoms with van der Waals surface area (Å²) >= 11 is 9.19. The van der Waals surface area contributed by atoms with Gasteiger partial charge in [-0.15, -0.1) is 0 Å². The van der Waals surface area contributed by atoms with Gasteiger partial charge in [0.05, 0.1) is 5.69 Å². The lowest BCUT2D eigenvalue weighted by Crippen LogP contribution is -2.41. The molecular formula is C21H20BrClFN3O3S. The molecule has 0 aliphatic rings. The van der Waals surface area contributed by atoms with E-state index in [0.717, 1.165) is 10.9 Å². The lowest BCUT2D eigenvalue weighted by molar-refractivity contribution is 0.0910. The van der Waals surface area contributed by atoms with Crippen molar-refractivity contribution in [2.24, 2.45) is 0 Å². The average Bonchev–Trinajstić information content (AvgIpc) is 3.02. The maximum absolute atomic E-state index is 14.8. The number of hydrogen-bond donors (Lipinski definition) is 1. The molecule has 6 nitrogen and oxygen atoms in total. The fourth-order valence-electron chi connectivity index (χ4n) is 2.99. The van der Waals surface area contributed by atoms with Gasteiger partial charge >= 0.3 is 0 Å². The summed E-state index contributed by atoms with van der Waals surface area (Å²) in [5.41, 5.74) is -0.481.